The Kier molecular flexibility index (Phi) is 4.00. The van der Waals surface area contributed by atoms with Crippen molar-refractivity contribution in [1.29, 1.82) is 0 Å². The highest BCUT2D eigenvalue weighted by Gasteiger charge is 2.18. The maximum Gasteiger partial charge on any atom is 0.348 e. The molecule has 118 valence electrons. The van der Waals surface area contributed by atoms with Gasteiger partial charge in [-0.1, -0.05) is 18.2 Å². The van der Waals surface area contributed by atoms with E-state index < -0.39 is 0 Å². The molecule has 23 heavy (non-hydrogen) atoms. The smallest absolute Gasteiger partial charge is 0.348 e. The van der Waals surface area contributed by atoms with Gasteiger partial charge in [-0.3, -0.25) is 0 Å². The molecule has 0 aliphatic rings. The predicted molar refractivity (Wildman–Crippen MR) is 92.7 cm³/mol. The average molecular weight is 327 g/mol. The molecule has 0 bridgehead atoms. The summed E-state index contributed by atoms with van der Waals surface area (Å²) in [5.41, 5.74) is 9.92. The number of aryl methyl sites for hydroxylation is 1. The van der Waals surface area contributed by atoms with Crippen molar-refractivity contribution in [2.24, 2.45) is 0 Å². The van der Waals surface area contributed by atoms with E-state index in [-0.39, 0.29) is 11.9 Å². The molecular formula is C17H17N3O2S. The molecule has 0 radical (unpaired) electrons. The summed E-state index contributed by atoms with van der Waals surface area (Å²) < 4.78 is 5.07. The monoisotopic (exact) mass is 327 g/mol. The van der Waals surface area contributed by atoms with Gasteiger partial charge in [-0.15, -0.1) is 11.3 Å². The number of nitrogens with zero attached hydrogens (tertiary/aromatic N) is 2. The number of anilines is 1. The molecular weight excluding hydrogens is 310 g/mol. The fraction of sp³-hybridized carbons (Fsp3) is 0.235. The molecule has 2 aromatic heterocycles. The van der Waals surface area contributed by atoms with E-state index in [0.717, 1.165) is 22.2 Å². The van der Waals surface area contributed by atoms with Crippen LogP contribution in [-0.4, -0.2) is 22.5 Å². The molecule has 0 fully saturated rings. The number of hydrogen-bond acceptors (Lipinski definition) is 6. The lowest BCUT2D eigenvalue weighted by Gasteiger charge is -2.09. The van der Waals surface area contributed by atoms with Crippen molar-refractivity contribution in [2.45, 2.75) is 20.8 Å². The van der Waals surface area contributed by atoms with Crippen LogP contribution in [-0.2, 0) is 4.74 Å². The Morgan fingerprint density at radius 3 is 2.83 bits per heavy atom. The number of benzene rings is 1. The highest BCUT2D eigenvalue weighted by molar-refractivity contribution is 7.20. The normalized spacial score (nSPS) is 10.9. The summed E-state index contributed by atoms with van der Waals surface area (Å²) in [7, 11) is 0. The topological polar surface area (TPSA) is 78.1 Å². The van der Waals surface area contributed by atoms with Crippen LogP contribution in [0, 0.1) is 13.8 Å². The number of hydrogen-bond donors (Lipinski definition) is 1. The summed E-state index contributed by atoms with van der Waals surface area (Å²) in [6, 6.07) is 7.83. The summed E-state index contributed by atoms with van der Waals surface area (Å²) in [6.45, 7) is 6.22. The van der Waals surface area contributed by atoms with Gasteiger partial charge in [0, 0.05) is 10.9 Å². The number of nitrogen functional groups attached to an aromatic ring is 1. The zero-order chi connectivity index (χ0) is 16.6. The molecule has 3 aromatic rings. The lowest BCUT2D eigenvalue weighted by molar-refractivity contribution is 0.0532. The van der Waals surface area contributed by atoms with Gasteiger partial charge in [0.2, 0.25) is 5.95 Å². The van der Waals surface area contributed by atoms with Gasteiger partial charge in [0.1, 0.15) is 9.71 Å². The number of fused-ring (bicyclic) bond motifs is 1. The van der Waals surface area contributed by atoms with E-state index >= 15 is 0 Å². The van der Waals surface area contributed by atoms with Gasteiger partial charge in [-0.2, -0.15) is 0 Å². The van der Waals surface area contributed by atoms with E-state index in [4.69, 9.17) is 10.5 Å². The van der Waals surface area contributed by atoms with Gasteiger partial charge >= 0.3 is 5.97 Å². The molecule has 0 aliphatic heterocycles. The van der Waals surface area contributed by atoms with Gasteiger partial charge in [0.25, 0.3) is 0 Å². The molecule has 6 heteroatoms. The summed E-state index contributed by atoms with van der Waals surface area (Å²) in [6.07, 6.45) is 0. The Bertz CT molecular complexity index is 902. The molecule has 2 N–H and O–H groups in total. The molecule has 2 heterocycles. The molecule has 1 aromatic carbocycles. The van der Waals surface area contributed by atoms with Crippen LogP contribution in [0.15, 0.2) is 24.3 Å². The number of aromatic nitrogens is 2. The van der Waals surface area contributed by atoms with Crippen LogP contribution in [0.4, 0.5) is 5.95 Å². The highest BCUT2D eigenvalue weighted by atomic mass is 32.1. The highest BCUT2D eigenvalue weighted by Crippen LogP contribution is 2.34. The maximum atomic E-state index is 12.0. The quantitative estimate of drug-likeness (QED) is 0.742. The van der Waals surface area contributed by atoms with Gasteiger partial charge in [-0.05, 0) is 38.0 Å². The first-order chi connectivity index (χ1) is 11.0. The first-order valence-electron chi connectivity index (χ1n) is 7.32. The third-order valence-corrected chi connectivity index (χ3v) is 4.76. The van der Waals surface area contributed by atoms with Crippen molar-refractivity contribution in [3.8, 4) is 11.3 Å². The fourth-order valence-corrected chi connectivity index (χ4v) is 3.39. The van der Waals surface area contributed by atoms with E-state index in [1.807, 2.05) is 19.1 Å². The minimum absolute atomic E-state index is 0.200. The number of carbonyl (C=O) groups excluding carboxylic acids is 1. The zero-order valence-electron chi connectivity index (χ0n) is 13.2. The second kappa shape index (κ2) is 5.96. The Balaban J connectivity index is 2.24. The Morgan fingerprint density at radius 2 is 2.09 bits per heavy atom. The maximum absolute atomic E-state index is 12.0. The summed E-state index contributed by atoms with van der Waals surface area (Å²) >= 11 is 1.27. The molecule has 0 saturated heterocycles. The fourth-order valence-electron chi connectivity index (χ4n) is 2.45. The van der Waals surface area contributed by atoms with Crippen LogP contribution < -0.4 is 5.73 Å². The first kappa shape index (κ1) is 15.4. The number of thiophene rings is 1. The molecule has 0 unspecified atom stereocenters. The Labute approximate surface area is 138 Å². The van der Waals surface area contributed by atoms with Crippen LogP contribution in [0.5, 0.6) is 0 Å². The number of ether oxygens (including phenoxy) is 1. The lowest BCUT2D eigenvalue weighted by Crippen LogP contribution is -2.01. The van der Waals surface area contributed by atoms with E-state index in [0.29, 0.717) is 16.3 Å². The van der Waals surface area contributed by atoms with Gasteiger partial charge < -0.3 is 10.5 Å². The molecule has 0 aliphatic carbocycles. The lowest BCUT2D eigenvalue weighted by atomic mass is 9.99. The van der Waals surface area contributed by atoms with E-state index in [2.05, 4.69) is 23.0 Å². The molecule has 3 rings (SSSR count). The van der Waals surface area contributed by atoms with Crippen LogP contribution in [0.3, 0.4) is 0 Å². The van der Waals surface area contributed by atoms with Crippen molar-refractivity contribution in [2.75, 3.05) is 12.3 Å². The molecule has 0 amide bonds. The second-order valence-corrected chi connectivity index (χ2v) is 6.26. The van der Waals surface area contributed by atoms with Gasteiger partial charge in [0.05, 0.1) is 12.3 Å². The molecule has 0 spiro atoms. The third kappa shape index (κ3) is 2.77. The second-order valence-electron chi connectivity index (χ2n) is 5.23. The summed E-state index contributed by atoms with van der Waals surface area (Å²) in [4.78, 5) is 21.8. The number of nitrogens with two attached hydrogens (primary N) is 1. The molecule has 5 nitrogen and oxygen atoms in total. The van der Waals surface area contributed by atoms with E-state index in [9.17, 15) is 4.79 Å². The minimum atomic E-state index is -0.346. The van der Waals surface area contributed by atoms with Crippen molar-refractivity contribution in [3.05, 3.63) is 40.3 Å². The van der Waals surface area contributed by atoms with Crippen molar-refractivity contribution in [1.82, 2.24) is 9.97 Å². The molecule has 0 atom stereocenters. The van der Waals surface area contributed by atoms with Crippen LogP contribution in [0.1, 0.15) is 27.7 Å². The van der Waals surface area contributed by atoms with Crippen molar-refractivity contribution >= 4 is 33.5 Å². The molecule has 0 saturated carbocycles. The number of esters is 1. The van der Waals surface area contributed by atoms with Crippen molar-refractivity contribution < 1.29 is 9.53 Å². The summed E-state index contributed by atoms with van der Waals surface area (Å²) in [5, 5.41) is 0.820. The van der Waals surface area contributed by atoms with Crippen LogP contribution in [0.25, 0.3) is 21.5 Å². The van der Waals surface area contributed by atoms with Crippen molar-refractivity contribution in [3.63, 3.8) is 0 Å². The zero-order valence-corrected chi connectivity index (χ0v) is 14.0. The minimum Gasteiger partial charge on any atom is -0.462 e. The summed E-state index contributed by atoms with van der Waals surface area (Å²) in [5.74, 6) is -0.147. The van der Waals surface area contributed by atoms with Crippen LogP contribution in [0.2, 0.25) is 0 Å². The van der Waals surface area contributed by atoms with Gasteiger partial charge in [-0.25, -0.2) is 14.8 Å². The van der Waals surface area contributed by atoms with E-state index in [1.165, 1.54) is 16.9 Å². The Morgan fingerprint density at radius 1 is 1.30 bits per heavy atom. The SMILES string of the molecule is CCOC(=O)c1cc2c(-c3cccc(C)c3C)nc(N)nc2s1. The standard InChI is InChI=1S/C17H17N3O2S/c1-4-22-16(21)13-8-12-14(19-17(18)20-15(12)23-13)11-7-5-6-9(2)10(11)3/h5-8H,4H2,1-3H3,(H2,18,19,20). The average Bonchev–Trinajstić information content (AvgIpc) is 2.93. The third-order valence-electron chi connectivity index (χ3n) is 3.75. The van der Waals surface area contributed by atoms with Gasteiger partial charge in [0.15, 0.2) is 0 Å². The Hall–Kier alpha value is -2.47. The number of carbonyl (C=O) groups is 1. The largest absolute Gasteiger partial charge is 0.462 e. The number of rotatable bonds is 3. The van der Waals surface area contributed by atoms with E-state index in [1.54, 1.807) is 13.0 Å². The first-order valence-corrected chi connectivity index (χ1v) is 8.13. The predicted octanol–water partition coefficient (Wildman–Crippen LogP) is 3.73. The van der Waals surface area contributed by atoms with Crippen LogP contribution >= 0.6 is 11.3 Å².